The van der Waals surface area contributed by atoms with Gasteiger partial charge in [0.1, 0.15) is 5.82 Å². The number of benzene rings is 1. The molecule has 0 unspecified atom stereocenters. The van der Waals surface area contributed by atoms with Crippen molar-refractivity contribution in [1.29, 1.82) is 0 Å². The third-order valence-corrected chi connectivity index (χ3v) is 2.68. The van der Waals surface area contributed by atoms with E-state index in [4.69, 9.17) is 10.5 Å². The van der Waals surface area contributed by atoms with E-state index in [0.29, 0.717) is 31.2 Å². The first-order chi connectivity index (χ1) is 8.13. The lowest BCUT2D eigenvalue weighted by atomic mass is 10.1. The minimum absolute atomic E-state index is 0.225. The topological polar surface area (TPSA) is 35.2 Å². The first-order valence-corrected chi connectivity index (χ1v) is 6.18. The first kappa shape index (κ1) is 14.1. The highest BCUT2D eigenvalue weighted by Gasteiger charge is 2.03. The summed E-state index contributed by atoms with van der Waals surface area (Å²) in [5, 5.41) is 0. The zero-order chi connectivity index (χ0) is 12.7. The Morgan fingerprint density at radius 1 is 1.35 bits per heavy atom. The second-order valence-electron chi connectivity index (χ2n) is 4.72. The van der Waals surface area contributed by atoms with Crippen LogP contribution >= 0.6 is 0 Å². The van der Waals surface area contributed by atoms with Crippen LogP contribution in [0.1, 0.15) is 37.8 Å². The van der Waals surface area contributed by atoms with Gasteiger partial charge < -0.3 is 10.5 Å². The van der Waals surface area contributed by atoms with Crippen molar-refractivity contribution >= 4 is 0 Å². The lowest BCUT2D eigenvalue weighted by Crippen LogP contribution is -2.02. The molecule has 0 heterocycles. The second-order valence-corrected chi connectivity index (χ2v) is 4.72. The normalized spacial score (nSPS) is 11.1. The molecule has 0 saturated carbocycles. The van der Waals surface area contributed by atoms with Gasteiger partial charge in [0.05, 0.1) is 6.61 Å². The third kappa shape index (κ3) is 5.29. The van der Waals surface area contributed by atoms with Crippen LogP contribution in [0, 0.1) is 11.7 Å². The third-order valence-electron chi connectivity index (χ3n) is 2.68. The van der Waals surface area contributed by atoms with Gasteiger partial charge in [0, 0.05) is 18.7 Å². The van der Waals surface area contributed by atoms with Gasteiger partial charge >= 0.3 is 0 Å². The Hall–Kier alpha value is -0.930. The van der Waals surface area contributed by atoms with E-state index >= 15 is 0 Å². The van der Waals surface area contributed by atoms with E-state index in [1.54, 1.807) is 6.07 Å². The fraction of sp³-hybridized carbons (Fsp3) is 0.571. The van der Waals surface area contributed by atoms with Crippen LogP contribution in [0.3, 0.4) is 0 Å². The van der Waals surface area contributed by atoms with E-state index in [0.717, 1.165) is 18.4 Å². The average Bonchev–Trinajstić information content (AvgIpc) is 2.30. The van der Waals surface area contributed by atoms with E-state index in [-0.39, 0.29) is 5.82 Å². The average molecular weight is 239 g/mol. The summed E-state index contributed by atoms with van der Waals surface area (Å²) in [6, 6.07) is 5.07. The highest BCUT2D eigenvalue weighted by Crippen LogP contribution is 2.12. The van der Waals surface area contributed by atoms with Crippen molar-refractivity contribution < 1.29 is 9.13 Å². The van der Waals surface area contributed by atoms with Gasteiger partial charge in [-0.15, -0.1) is 0 Å². The Morgan fingerprint density at radius 3 is 2.71 bits per heavy atom. The molecule has 3 heteroatoms. The van der Waals surface area contributed by atoms with Gasteiger partial charge in [-0.3, -0.25) is 0 Å². The molecule has 0 amide bonds. The minimum Gasteiger partial charge on any atom is -0.377 e. The molecule has 0 radical (unpaired) electrons. The molecule has 0 bridgehead atoms. The molecule has 1 aromatic carbocycles. The van der Waals surface area contributed by atoms with Crippen LogP contribution in [-0.4, -0.2) is 6.61 Å². The molecule has 96 valence electrons. The molecule has 17 heavy (non-hydrogen) atoms. The molecule has 0 saturated heterocycles. The highest BCUT2D eigenvalue weighted by atomic mass is 19.1. The Balaban J connectivity index is 2.32. The zero-order valence-corrected chi connectivity index (χ0v) is 10.7. The van der Waals surface area contributed by atoms with Gasteiger partial charge in [0.2, 0.25) is 0 Å². The zero-order valence-electron chi connectivity index (χ0n) is 10.7. The van der Waals surface area contributed by atoms with Crippen molar-refractivity contribution in [1.82, 2.24) is 0 Å². The summed E-state index contributed by atoms with van der Waals surface area (Å²) in [4.78, 5) is 0. The van der Waals surface area contributed by atoms with Crippen LogP contribution in [0.2, 0.25) is 0 Å². The predicted octanol–water partition coefficient (Wildman–Crippen LogP) is 3.24. The first-order valence-electron chi connectivity index (χ1n) is 6.18. The van der Waals surface area contributed by atoms with Crippen LogP contribution < -0.4 is 5.73 Å². The quantitative estimate of drug-likeness (QED) is 0.741. The molecule has 0 aliphatic carbocycles. The molecule has 0 aromatic heterocycles. The fourth-order valence-electron chi connectivity index (χ4n) is 1.61. The Kier molecular flexibility index (Phi) is 6.16. The van der Waals surface area contributed by atoms with Crippen molar-refractivity contribution in [3.63, 3.8) is 0 Å². The summed E-state index contributed by atoms with van der Waals surface area (Å²) in [5.74, 6) is 0.469. The standard InChI is InChI=1S/C14H22FNO/c1-11(2)4-3-7-17-10-13-6-5-12(9-16)8-14(13)15/h5-6,8,11H,3-4,7,9-10,16H2,1-2H3. The maximum absolute atomic E-state index is 13.5. The number of hydrogen-bond donors (Lipinski definition) is 1. The lowest BCUT2D eigenvalue weighted by Gasteiger charge is -2.08. The summed E-state index contributed by atoms with van der Waals surface area (Å²) in [7, 11) is 0. The Labute approximate surface area is 103 Å². The van der Waals surface area contributed by atoms with Gasteiger partial charge in [-0.05, 0) is 30.4 Å². The van der Waals surface area contributed by atoms with Crippen molar-refractivity contribution in [2.24, 2.45) is 11.7 Å². The van der Waals surface area contributed by atoms with Crippen molar-refractivity contribution in [3.05, 3.63) is 35.1 Å². The maximum atomic E-state index is 13.5. The number of ether oxygens (including phenoxy) is 1. The van der Waals surface area contributed by atoms with E-state index in [1.165, 1.54) is 6.07 Å². The second kappa shape index (κ2) is 7.41. The van der Waals surface area contributed by atoms with Gasteiger partial charge in [0.25, 0.3) is 0 Å². The van der Waals surface area contributed by atoms with Crippen LogP contribution in [-0.2, 0) is 17.9 Å². The minimum atomic E-state index is -0.225. The van der Waals surface area contributed by atoms with E-state index in [9.17, 15) is 4.39 Å². The molecule has 0 fully saturated rings. The molecular formula is C14H22FNO. The number of halogens is 1. The van der Waals surface area contributed by atoms with E-state index in [2.05, 4.69) is 13.8 Å². The van der Waals surface area contributed by atoms with Gasteiger partial charge in [0.15, 0.2) is 0 Å². The van der Waals surface area contributed by atoms with Crippen molar-refractivity contribution in [2.75, 3.05) is 6.61 Å². The lowest BCUT2D eigenvalue weighted by molar-refractivity contribution is 0.112. The van der Waals surface area contributed by atoms with Crippen molar-refractivity contribution in [3.8, 4) is 0 Å². The van der Waals surface area contributed by atoms with E-state index < -0.39 is 0 Å². The van der Waals surface area contributed by atoms with Gasteiger partial charge in [-0.25, -0.2) is 4.39 Å². The summed E-state index contributed by atoms with van der Waals surface area (Å²) >= 11 is 0. The number of rotatable bonds is 7. The smallest absolute Gasteiger partial charge is 0.129 e. The summed E-state index contributed by atoms with van der Waals surface area (Å²) in [6.45, 7) is 5.77. The number of hydrogen-bond acceptors (Lipinski definition) is 2. The van der Waals surface area contributed by atoms with Gasteiger partial charge in [-0.1, -0.05) is 26.0 Å². The SMILES string of the molecule is CC(C)CCCOCc1ccc(CN)cc1F. The van der Waals surface area contributed by atoms with Crippen LogP contribution in [0.5, 0.6) is 0 Å². The van der Waals surface area contributed by atoms with Gasteiger partial charge in [-0.2, -0.15) is 0 Å². The monoisotopic (exact) mass is 239 g/mol. The molecule has 0 aliphatic rings. The molecule has 1 rings (SSSR count). The highest BCUT2D eigenvalue weighted by molar-refractivity contribution is 5.23. The fourth-order valence-corrected chi connectivity index (χ4v) is 1.61. The Bertz CT molecular complexity index is 339. The van der Waals surface area contributed by atoms with Crippen LogP contribution in [0.15, 0.2) is 18.2 Å². The molecule has 2 N–H and O–H groups in total. The summed E-state index contributed by atoms with van der Waals surface area (Å²) < 4.78 is 19.0. The largest absolute Gasteiger partial charge is 0.377 e. The van der Waals surface area contributed by atoms with Crippen LogP contribution in [0.25, 0.3) is 0 Å². The molecule has 0 spiro atoms. The predicted molar refractivity (Wildman–Crippen MR) is 68.0 cm³/mol. The van der Waals surface area contributed by atoms with Crippen molar-refractivity contribution in [2.45, 2.75) is 39.8 Å². The Morgan fingerprint density at radius 2 is 2.12 bits per heavy atom. The van der Waals surface area contributed by atoms with E-state index in [1.807, 2.05) is 6.07 Å². The maximum Gasteiger partial charge on any atom is 0.129 e. The molecular weight excluding hydrogens is 217 g/mol. The van der Waals surface area contributed by atoms with Crippen LogP contribution in [0.4, 0.5) is 4.39 Å². The number of nitrogens with two attached hydrogens (primary N) is 1. The molecule has 1 aromatic rings. The molecule has 2 nitrogen and oxygen atoms in total. The molecule has 0 atom stereocenters. The molecule has 0 aliphatic heterocycles. The summed E-state index contributed by atoms with van der Waals surface area (Å²) in [5.41, 5.74) is 6.85. The summed E-state index contributed by atoms with van der Waals surface area (Å²) in [6.07, 6.45) is 2.18.